The summed E-state index contributed by atoms with van der Waals surface area (Å²) in [4.78, 5) is 22.0. The lowest BCUT2D eigenvalue weighted by atomic mass is 10.1. The topological polar surface area (TPSA) is 93.4 Å². The largest absolute Gasteiger partial charge is 0.468 e. The van der Waals surface area contributed by atoms with Gasteiger partial charge in [0.05, 0.1) is 7.11 Å². The molecule has 19 heavy (non-hydrogen) atoms. The lowest BCUT2D eigenvalue weighted by Gasteiger charge is -2.18. The van der Waals surface area contributed by atoms with Crippen molar-refractivity contribution in [2.75, 3.05) is 12.4 Å². The van der Waals surface area contributed by atoms with Gasteiger partial charge in [-0.3, -0.25) is 10.1 Å². The minimum absolute atomic E-state index is 0.0169. The summed E-state index contributed by atoms with van der Waals surface area (Å²) in [6.45, 7) is 3.68. The molecule has 0 saturated heterocycles. The minimum atomic E-state index is -0.599. The van der Waals surface area contributed by atoms with Gasteiger partial charge in [0.15, 0.2) is 0 Å². The van der Waals surface area contributed by atoms with E-state index in [1.165, 1.54) is 7.11 Å². The molecule has 1 aromatic rings. The predicted octanol–water partition coefficient (Wildman–Crippen LogP) is 1.39. The third-order valence-electron chi connectivity index (χ3n) is 2.73. The van der Waals surface area contributed by atoms with Gasteiger partial charge in [0, 0.05) is 11.7 Å². The van der Waals surface area contributed by atoms with Gasteiger partial charge in [-0.1, -0.05) is 12.1 Å². The van der Waals surface area contributed by atoms with Crippen LogP contribution < -0.4 is 16.4 Å². The van der Waals surface area contributed by atoms with E-state index in [0.717, 1.165) is 5.56 Å². The van der Waals surface area contributed by atoms with Crippen molar-refractivity contribution < 1.29 is 14.3 Å². The number of anilines is 1. The maximum atomic E-state index is 11.3. The molecule has 0 bridgehead atoms. The molecule has 0 spiro atoms. The molecule has 0 fully saturated rings. The van der Waals surface area contributed by atoms with E-state index >= 15 is 0 Å². The molecule has 1 aromatic carbocycles. The Balaban J connectivity index is 2.64. The maximum Gasteiger partial charge on any atom is 0.322 e. The molecule has 104 valence electrons. The van der Waals surface area contributed by atoms with Crippen LogP contribution in [0.2, 0.25) is 0 Å². The highest BCUT2D eigenvalue weighted by Gasteiger charge is 2.16. The van der Waals surface area contributed by atoms with E-state index in [0.29, 0.717) is 5.69 Å². The molecule has 0 saturated carbocycles. The lowest BCUT2D eigenvalue weighted by molar-refractivity contribution is -0.142. The Morgan fingerprint density at radius 2 is 1.79 bits per heavy atom. The smallest absolute Gasteiger partial charge is 0.322 e. The number of rotatable bonds is 5. The molecule has 0 aromatic heterocycles. The van der Waals surface area contributed by atoms with Crippen LogP contribution in [0.5, 0.6) is 0 Å². The highest BCUT2D eigenvalue weighted by molar-refractivity contribution is 5.87. The van der Waals surface area contributed by atoms with E-state index in [4.69, 9.17) is 5.73 Å². The molecule has 2 amide bonds. The molecule has 2 atom stereocenters. The molecule has 0 aliphatic rings. The number of urea groups is 1. The zero-order valence-electron chi connectivity index (χ0n) is 11.3. The number of hydrogen-bond acceptors (Lipinski definition) is 4. The lowest BCUT2D eigenvalue weighted by Crippen LogP contribution is -2.36. The molecule has 0 radical (unpaired) electrons. The first-order valence-corrected chi connectivity index (χ1v) is 5.94. The molecular formula is C13H19N3O3. The zero-order valence-corrected chi connectivity index (χ0v) is 11.3. The van der Waals surface area contributed by atoms with E-state index in [9.17, 15) is 9.59 Å². The van der Waals surface area contributed by atoms with E-state index in [-0.39, 0.29) is 18.1 Å². The van der Waals surface area contributed by atoms with E-state index in [2.05, 4.69) is 15.4 Å². The molecule has 0 aliphatic heterocycles. The molecule has 0 aliphatic carbocycles. The van der Waals surface area contributed by atoms with Crippen LogP contribution in [-0.4, -0.2) is 25.2 Å². The summed E-state index contributed by atoms with van der Waals surface area (Å²) in [5, 5.41) is 5.60. The first kappa shape index (κ1) is 15.0. The second-order valence-electron chi connectivity index (χ2n) is 4.24. The fourth-order valence-electron chi connectivity index (χ4n) is 1.71. The van der Waals surface area contributed by atoms with Crippen LogP contribution in [0.15, 0.2) is 24.3 Å². The average molecular weight is 265 g/mol. The Bertz CT molecular complexity index is 445. The van der Waals surface area contributed by atoms with Crippen LogP contribution in [0.4, 0.5) is 10.5 Å². The third-order valence-corrected chi connectivity index (χ3v) is 2.73. The van der Waals surface area contributed by atoms with Crippen molar-refractivity contribution >= 4 is 17.7 Å². The number of primary amides is 1. The summed E-state index contributed by atoms with van der Waals surface area (Å²) in [7, 11) is 1.36. The fourth-order valence-corrected chi connectivity index (χ4v) is 1.71. The normalized spacial score (nSPS) is 13.4. The summed E-state index contributed by atoms with van der Waals surface area (Å²) in [6, 6.07) is 6.21. The average Bonchev–Trinajstić information content (AvgIpc) is 2.37. The quantitative estimate of drug-likeness (QED) is 0.701. The summed E-state index contributed by atoms with van der Waals surface area (Å²) in [6.07, 6.45) is 0. The first-order valence-electron chi connectivity index (χ1n) is 5.94. The van der Waals surface area contributed by atoms with Crippen molar-refractivity contribution in [1.29, 1.82) is 0 Å². The molecule has 6 nitrogen and oxygen atoms in total. The van der Waals surface area contributed by atoms with Gasteiger partial charge in [0.25, 0.3) is 0 Å². The Labute approximate surface area is 112 Å². The van der Waals surface area contributed by atoms with Crippen molar-refractivity contribution in [1.82, 2.24) is 5.32 Å². The number of hydrogen-bond donors (Lipinski definition) is 3. The maximum absolute atomic E-state index is 11.3. The summed E-state index contributed by atoms with van der Waals surface area (Å²) >= 11 is 0. The van der Waals surface area contributed by atoms with Gasteiger partial charge < -0.3 is 15.8 Å². The zero-order chi connectivity index (χ0) is 14.4. The molecule has 2 unspecified atom stereocenters. The van der Waals surface area contributed by atoms with Gasteiger partial charge in [0.1, 0.15) is 6.04 Å². The van der Waals surface area contributed by atoms with E-state index in [1.54, 1.807) is 19.1 Å². The minimum Gasteiger partial charge on any atom is -0.468 e. The van der Waals surface area contributed by atoms with E-state index in [1.807, 2.05) is 19.1 Å². The second kappa shape index (κ2) is 6.75. The number of nitrogens with two attached hydrogens (primary N) is 1. The van der Waals surface area contributed by atoms with Gasteiger partial charge in [0.2, 0.25) is 0 Å². The van der Waals surface area contributed by atoms with Crippen LogP contribution in [0, 0.1) is 0 Å². The molecule has 6 heteroatoms. The standard InChI is InChI=1S/C13H19N3O3/c1-8(15-9(2)12(17)19-3)10-4-6-11(7-5-10)16-13(14)18/h4-9,15H,1-3H3,(H3,14,16,18). The highest BCUT2D eigenvalue weighted by Crippen LogP contribution is 2.16. The fraction of sp³-hybridized carbons (Fsp3) is 0.385. The third kappa shape index (κ3) is 4.59. The van der Waals surface area contributed by atoms with Gasteiger partial charge in [-0.15, -0.1) is 0 Å². The van der Waals surface area contributed by atoms with Crippen LogP contribution in [0.25, 0.3) is 0 Å². The summed E-state index contributed by atoms with van der Waals surface area (Å²) in [5.74, 6) is -0.307. The first-order chi connectivity index (χ1) is 8.93. The second-order valence-corrected chi connectivity index (χ2v) is 4.24. The highest BCUT2D eigenvalue weighted by atomic mass is 16.5. The Hall–Kier alpha value is -2.08. The number of methoxy groups -OCH3 is 1. The number of carbonyl (C=O) groups is 2. The summed E-state index contributed by atoms with van der Waals surface area (Å²) < 4.78 is 4.65. The van der Waals surface area contributed by atoms with Crippen molar-refractivity contribution in [2.45, 2.75) is 25.9 Å². The van der Waals surface area contributed by atoms with Gasteiger partial charge in [-0.2, -0.15) is 0 Å². The molecule has 0 heterocycles. The van der Waals surface area contributed by atoms with Crippen LogP contribution in [0.1, 0.15) is 25.5 Å². The predicted molar refractivity (Wildman–Crippen MR) is 72.7 cm³/mol. The van der Waals surface area contributed by atoms with Crippen molar-refractivity contribution in [3.05, 3.63) is 29.8 Å². The molecule has 1 rings (SSSR count). The Kier molecular flexibility index (Phi) is 5.32. The van der Waals surface area contributed by atoms with Crippen LogP contribution >= 0.6 is 0 Å². The Morgan fingerprint density at radius 3 is 2.26 bits per heavy atom. The van der Waals surface area contributed by atoms with Gasteiger partial charge >= 0.3 is 12.0 Å². The van der Waals surface area contributed by atoms with Gasteiger partial charge in [-0.25, -0.2) is 4.79 Å². The van der Waals surface area contributed by atoms with Crippen molar-refractivity contribution in [3.63, 3.8) is 0 Å². The number of ether oxygens (including phenoxy) is 1. The molecular weight excluding hydrogens is 246 g/mol. The van der Waals surface area contributed by atoms with Crippen LogP contribution in [0.3, 0.4) is 0 Å². The van der Waals surface area contributed by atoms with Crippen molar-refractivity contribution in [2.24, 2.45) is 5.73 Å². The molecule has 4 N–H and O–H groups in total. The monoisotopic (exact) mass is 265 g/mol. The number of esters is 1. The SMILES string of the molecule is COC(=O)C(C)NC(C)c1ccc(NC(N)=O)cc1. The van der Waals surface area contributed by atoms with Crippen molar-refractivity contribution in [3.8, 4) is 0 Å². The number of nitrogens with one attached hydrogen (secondary N) is 2. The number of benzene rings is 1. The van der Waals surface area contributed by atoms with Crippen LogP contribution in [-0.2, 0) is 9.53 Å². The summed E-state index contributed by atoms with van der Waals surface area (Å²) in [5.41, 5.74) is 6.64. The number of amides is 2. The van der Waals surface area contributed by atoms with Gasteiger partial charge in [-0.05, 0) is 31.5 Å². The Morgan fingerprint density at radius 1 is 1.21 bits per heavy atom. The number of carbonyl (C=O) groups excluding carboxylic acids is 2. The van der Waals surface area contributed by atoms with E-state index < -0.39 is 6.03 Å².